The van der Waals surface area contributed by atoms with Gasteiger partial charge in [-0.05, 0) is 40.5 Å². The lowest BCUT2D eigenvalue weighted by Crippen LogP contribution is -2.24. The van der Waals surface area contributed by atoms with Crippen molar-refractivity contribution in [2.24, 2.45) is 0 Å². The summed E-state index contributed by atoms with van der Waals surface area (Å²) in [6.07, 6.45) is 2.53. The average Bonchev–Trinajstić information content (AvgIpc) is 2.88. The van der Waals surface area contributed by atoms with Crippen LogP contribution in [0.5, 0.6) is 0 Å². The van der Waals surface area contributed by atoms with Crippen LogP contribution in [0.25, 0.3) is 0 Å². The second-order valence-electron chi connectivity index (χ2n) is 6.54. The predicted octanol–water partition coefficient (Wildman–Crippen LogP) is 2.19. The molecule has 5 heteroatoms. The van der Waals surface area contributed by atoms with E-state index in [2.05, 4.69) is 42.8 Å². The first-order valence-electron chi connectivity index (χ1n) is 7.83. The number of nitrogens with one attached hydrogen (secondary N) is 1. The van der Waals surface area contributed by atoms with Crippen LogP contribution >= 0.6 is 0 Å². The molecule has 1 aromatic rings. The van der Waals surface area contributed by atoms with Crippen molar-refractivity contribution >= 4 is 0 Å². The van der Waals surface area contributed by atoms with Gasteiger partial charge in [0, 0.05) is 31.5 Å². The van der Waals surface area contributed by atoms with E-state index in [4.69, 9.17) is 9.47 Å². The van der Waals surface area contributed by atoms with E-state index in [1.807, 2.05) is 0 Å². The van der Waals surface area contributed by atoms with Gasteiger partial charge in [-0.15, -0.1) is 0 Å². The monoisotopic (exact) mass is 295 g/mol. The van der Waals surface area contributed by atoms with Crippen molar-refractivity contribution in [3.8, 4) is 0 Å². The molecule has 1 fully saturated rings. The molecule has 120 valence electrons. The molecule has 0 radical (unpaired) electrons. The maximum Gasteiger partial charge on any atom is 0.0779 e. The first-order chi connectivity index (χ1) is 9.93. The minimum atomic E-state index is 0.0192. The fourth-order valence-electron chi connectivity index (χ4n) is 2.95. The van der Waals surface area contributed by atoms with E-state index in [9.17, 15) is 0 Å². The molecule has 1 N–H and O–H groups in total. The van der Waals surface area contributed by atoms with Crippen molar-refractivity contribution in [2.75, 3.05) is 20.3 Å². The van der Waals surface area contributed by atoms with E-state index in [-0.39, 0.29) is 11.7 Å². The first-order valence-corrected chi connectivity index (χ1v) is 7.83. The zero-order chi connectivity index (χ0) is 15.5. The number of aromatic nitrogens is 2. The minimum Gasteiger partial charge on any atom is -0.383 e. The van der Waals surface area contributed by atoms with Gasteiger partial charge in [0.05, 0.1) is 30.6 Å². The molecule has 0 aliphatic carbocycles. The van der Waals surface area contributed by atoms with Crippen LogP contribution < -0.4 is 5.32 Å². The number of ether oxygens (including phenoxy) is 2. The summed E-state index contributed by atoms with van der Waals surface area (Å²) in [6, 6.07) is 0. The highest BCUT2D eigenvalue weighted by atomic mass is 16.5. The van der Waals surface area contributed by atoms with Crippen molar-refractivity contribution in [3.63, 3.8) is 0 Å². The second kappa shape index (κ2) is 6.90. The highest BCUT2D eigenvalue weighted by molar-refractivity contribution is 5.24. The summed E-state index contributed by atoms with van der Waals surface area (Å²) in [7, 11) is 1.72. The van der Waals surface area contributed by atoms with Gasteiger partial charge in [-0.3, -0.25) is 4.68 Å². The molecular weight excluding hydrogens is 266 g/mol. The van der Waals surface area contributed by atoms with Gasteiger partial charge in [0.25, 0.3) is 0 Å². The maximum atomic E-state index is 6.08. The van der Waals surface area contributed by atoms with Crippen LogP contribution in [0.2, 0.25) is 0 Å². The maximum absolute atomic E-state index is 6.08. The van der Waals surface area contributed by atoms with E-state index >= 15 is 0 Å². The van der Waals surface area contributed by atoms with Crippen molar-refractivity contribution in [2.45, 2.75) is 65.3 Å². The summed E-state index contributed by atoms with van der Waals surface area (Å²) in [5.74, 6) is 0. The Kier molecular flexibility index (Phi) is 5.41. The topological polar surface area (TPSA) is 48.3 Å². The average molecular weight is 295 g/mol. The third kappa shape index (κ3) is 4.28. The molecule has 0 amide bonds. The standard InChI is InChI=1S/C16H29N3O2/c1-12-15(10-17-8-9-20-5)13(2)19(18-12)11-14-6-7-16(3,4)21-14/h14,17H,6-11H2,1-5H3. The number of nitrogens with zero attached hydrogens (tertiary/aromatic N) is 2. The number of aryl methyl sites for hydroxylation is 1. The zero-order valence-electron chi connectivity index (χ0n) is 14.0. The van der Waals surface area contributed by atoms with Crippen LogP contribution in [0, 0.1) is 13.8 Å². The number of rotatable bonds is 7. The van der Waals surface area contributed by atoms with E-state index < -0.39 is 0 Å². The fraction of sp³-hybridized carbons (Fsp3) is 0.812. The highest BCUT2D eigenvalue weighted by Gasteiger charge is 2.32. The summed E-state index contributed by atoms with van der Waals surface area (Å²) < 4.78 is 13.2. The fourth-order valence-corrected chi connectivity index (χ4v) is 2.95. The van der Waals surface area contributed by atoms with Crippen molar-refractivity contribution in [3.05, 3.63) is 17.0 Å². The summed E-state index contributed by atoms with van der Waals surface area (Å²) >= 11 is 0. The lowest BCUT2D eigenvalue weighted by Gasteiger charge is -2.19. The van der Waals surface area contributed by atoms with Crippen molar-refractivity contribution in [1.29, 1.82) is 0 Å². The Morgan fingerprint density at radius 3 is 2.81 bits per heavy atom. The third-order valence-electron chi connectivity index (χ3n) is 4.25. The lowest BCUT2D eigenvalue weighted by atomic mass is 10.1. The molecule has 0 bridgehead atoms. The molecule has 1 aliphatic heterocycles. The molecule has 1 atom stereocenters. The molecule has 1 aromatic heterocycles. The van der Waals surface area contributed by atoms with Crippen LogP contribution in [-0.2, 0) is 22.6 Å². The van der Waals surface area contributed by atoms with E-state index in [1.165, 1.54) is 11.3 Å². The molecule has 0 spiro atoms. The Bertz CT molecular complexity index is 468. The summed E-state index contributed by atoms with van der Waals surface area (Å²) in [5, 5.41) is 8.08. The molecule has 1 unspecified atom stereocenters. The van der Waals surface area contributed by atoms with Gasteiger partial charge in [-0.25, -0.2) is 0 Å². The first kappa shape index (κ1) is 16.5. The smallest absolute Gasteiger partial charge is 0.0779 e. The van der Waals surface area contributed by atoms with E-state index in [0.29, 0.717) is 0 Å². The Balaban J connectivity index is 1.95. The number of hydrogen-bond donors (Lipinski definition) is 1. The van der Waals surface area contributed by atoms with Crippen molar-refractivity contribution < 1.29 is 9.47 Å². The third-order valence-corrected chi connectivity index (χ3v) is 4.25. The molecule has 0 saturated carbocycles. The van der Waals surface area contributed by atoms with Gasteiger partial charge < -0.3 is 14.8 Å². The van der Waals surface area contributed by atoms with E-state index in [1.54, 1.807) is 7.11 Å². The molecule has 21 heavy (non-hydrogen) atoms. The van der Waals surface area contributed by atoms with Gasteiger partial charge in [0.2, 0.25) is 0 Å². The SMILES string of the molecule is COCCNCc1c(C)nn(CC2CCC(C)(C)O2)c1C. The quantitative estimate of drug-likeness (QED) is 0.783. The van der Waals surface area contributed by atoms with Crippen LogP contribution in [0.3, 0.4) is 0 Å². The summed E-state index contributed by atoms with van der Waals surface area (Å²) in [5.41, 5.74) is 3.66. The predicted molar refractivity (Wildman–Crippen MR) is 83.5 cm³/mol. The van der Waals surface area contributed by atoms with Gasteiger partial charge in [-0.1, -0.05) is 0 Å². The molecular formula is C16H29N3O2. The van der Waals surface area contributed by atoms with Gasteiger partial charge in [0.15, 0.2) is 0 Å². The van der Waals surface area contributed by atoms with Crippen LogP contribution in [-0.4, -0.2) is 41.7 Å². The molecule has 0 aromatic carbocycles. The van der Waals surface area contributed by atoms with Gasteiger partial charge in [-0.2, -0.15) is 5.10 Å². The zero-order valence-corrected chi connectivity index (χ0v) is 14.0. The Labute approximate surface area is 128 Å². The highest BCUT2D eigenvalue weighted by Crippen LogP contribution is 2.30. The Hall–Kier alpha value is -0.910. The number of methoxy groups -OCH3 is 1. The van der Waals surface area contributed by atoms with Crippen molar-refractivity contribution in [1.82, 2.24) is 15.1 Å². The Morgan fingerprint density at radius 1 is 1.43 bits per heavy atom. The molecule has 1 aliphatic rings. The second-order valence-corrected chi connectivity index (χ2v) is 6.54. The van der Waals surface area contributed by atoms with Gasteiger partial charge in [0.1, 0.15) is 0 Å². The molecule has 2 heterocycles. The molecule has 5 nitrogen and oxygen atoms in total. The minimum absolute atomic E-state index is 0.0192. The normalized spacial score (nSPS) is 21.1. The Morgan fingerprint density at radius 2 is 2.19 bits per heavy atom. The summed E-state index contributed by atoms with van der Waals surface area (Å²) in [4.78, 5) is 0. The largest absolute Gasteiger partial charge is 0.383 e. The molecule has 2 rings (SSSR count). The van der Waals surface area contributed by atoms with Crippen LogP contribution in [0.4, 0.5) is 0 Å². The van der Waals surface area contributed by atoms with Crippen LogP contribution in [0.15, 0.2) is 0 Å². The van der Waals surface area contributed by atoms with Crippen LogP contribution in [0.1, 0.15) is 43.6 Å². The lowest BCUT2D eigenvalue weighted by molar-refractivity contribution is -0.0232. The van der Waals surface area contributed by atoms with Gasteiger partial charge >= 0.3 is 0 Å². The summed E-state index contributed by atoms with van der Waals surface area (Å²) in [6.45, 7) is 11.9. The van der Waals surface area contributed by atoms with E-state index in [0.717, 1.165) is 44.8 Å². The number of hydrogen-bond acceptors (Lipinski definition) is 4. The molecule has 1 saturated heterocycles.